The molecule has 1 heterocycles. The maximum absolute atomic E-state index is 12.5. The Hall–Kier alpha value is -3.28. The van der Waals surface area contributed by atoms with Crippen molar-refractivity contribution in [2.24, 2.45) is 0 Å². The maximum atomic E-state index is 12.5. The minimum atomic E-state index is 0.0178. The van der Waals surface area contributed by atoms with Gasteiger partial charge < -0.3 is 21.3 Å². The second kappa shape index (κ2) is 9.90. The number of benzene rings is 2. The molecular weight excluding hydrogens is 398 g/mol. The van der Waals surface area contributed by atoms with Gasteiger partial charge in [0.25, 0.3) is 5.91 Å². The molecule has 4 rings (SSSR count). The van der Waals surface area contributed by atoms with E-state index in [9.17, 15) is 4.79 Å². The largest absolute Gasteiger partial charge is 0.397 e. The topological polar surface area (TPSA) is 83.3 Å². The molecular formula is C26H33N5O. The fraction of sp³-hybridized carbons (Fsp3) is 0.385. The molecule has 0 fully saturated rings. The van der Waals surface area contributed by atoms with Gasteiger partial charge in [-0.05, 0) is 69.4 Å². The number of nitrogen functional groups attached to an aromatic ring is 1. The van der Waals surface area contributed by atoms with Crippen LogP contribution in [0.5, 0.6) is 0 Å². The molecule has 3 aromatic rings. The number of amides is 1. The number of para-hydroxylation sites is 1. The first-order chi connectivity index (χ1) is 15.6. The van der Waals surface area contributed by atoms with Gasteiger partial charge in [-0.15, -0.1) is 0 Å². The molecule has 0 saturated heterocycles. The molecule has 0 saturated carbocycles. The van der Waals surface area contributed by atoms with E-state index in [0.717, 1.165) is 37.1 Å². The van der Waals surface area contributed by atoms with Crippen molar-refractivity contribution in [1.82, 2.24) is 9.88 Å². The van der Waals surface area contributed by atoms with E-state index in [4.69, 9.17) is 10.7 Å². The lowest BCUT2D eigenvalue weighted by Gasteiger charge is -2.22. The molecule has 1 amide bonds. The lowest BCUT2D eigenvalue weighted by molar-refractivity contribution is 0.0773. The molecule has 1 aliphatic carbocycles. The fourth-order valence-corrected chi connectivity index (χ4v) is 4.51. The van der Waals surface area contributed by atoms with Gasteiger partial charge in [-0.2, -0.15) is 0 Å². The third-order valence-electron chi connectivity index (χ3n) is 6.26. The number of pyridine rings is 1. The van der Waals surface area contributed by atoms with Gasteiger partial charge in [-0.3, -0.25) is 9.78 Å². The monoisotopic (exact) mass is 431 g/mol. The number of nitrogens with two attached hydrogens (primary N) is 1. The first-order valence-corrected chi connectivity index (χ1v) is 11.7. The van der Waals surface area contributed by atoms with Crippen LogP contribution >= 0.6 is 0 Å². The summed E-state index contributed by atoms with van der Waals surface area (Å²) in [6.07, 6.45) is 4.57. The van der Waals surface area contributed by atoms with Crippen molar-refractivity contribution in [2.45, 2.75) is 39.5 Å². The minimum Gasteiger partial charge on any atom is -0.397 e. The van der Waals surface area contributed by atoms with Crippen molar-refractivity contribution in [3.63, 3.8) is 0 Å². The van der Waals surface area contributed by atoms with E-state index in [2.05, 4.69) is 28.8 Å². The quantitative estimate of drug-likeness (QED) is 0.356. The van der Waals surface area contributed by atoms with E-state index in [1.54, 1.807) is 11.0 Å². The normalized spacial score (nSPS) is 12.9. The Morgan fingerprint density at radius 3 is 2.56 bits per heavy atom. The predicted octanol–water partition coefficient (Wildman–Crippen LogP) is 4.70. The van der Waals surface area contributed by atoms with Gasteiger partial charge in [0.2, 0.25) is 0 Å². The Morgan fingerprint density at radius 1 is 1.03 bits per heavy atom. The van der Waals surface area contributed by atoms with Crippen molar-refractivity contribution in [1.29, 1.82) is 0 Å². The highest BCUT2D eigenvalue weighted by molar-refractivity contribution is 5.96. The van der Waals surface area contributed by atoms with Crippen LogP contribution in [0.1, 0.15) is 48.3 Å². The summed E-state index contributed by atoms with van der Waals surface area (Å²) >= 11 is 0. The van der Waals surface area contributed by atoms with E-state index < -0.39 is 0 Å². The van der Waals surface area contributed by atoms with E-state index in [1.807, 2.05) is 32.0 Å². The number of aromatic nitrogens is 1. The molecule has 6 nitrogen and oxygen atoms in total. The number of carbonyl (C=O) groups is 1. The summed E-state index contributed by atoms with van der Waals surface area (Å²) in [5, 5.41) is 8.25. The molecule has 0 atom stereocenters. The predicted molar refractivity (Wildman–Crippen MR) is 133 cm³/mol. The van der Waals surface area contributed by atoms with Crippen LogP contribution in [0.4, 0.5) is 17.1 Å². The lowest BCUT2D eigenvalue weighted by atomic mass is 9.92. The summed E-state index contributed by atoms with van der Waals surface area (Å²) in [5.41, 5.74) is 13.2. The minimum absolute atomic E-state index is 0.0178. The van der Waals surface area contributed by atoms with Gasteiger partial charge in [0.15, 0.2) is 0 Å². The summed E-state index contributed by atoms with van der Waals surface area (Å²) in [4.78, 5) is 19.3. The van der Waals surface area contributed by atoms with Gasteiger partial charge in [0.1, 0.15) is 0 Å². The highest BCUT2D eigenvalue weighted by Crippen LogP contribution is 2.33. The molecule has 2 aromatic carbocycles. The first kappa shape index (κ1) is 21.9. The Morgan fingerprint density at radius 2 is 1.78 bits per heavy atom. The van der Waals surface area contributed by atoms with E-state index in [1.165, 1.54) is 35.2 Å². The molecule has 4 N–H and O–H groups in total. The van der Waals surface area contributed by atoms with Crippen molar-refractivity contribution >= 4 is 33.9 Å². The third kappa shape index (κ3) is 4.49. The maximum Gasteiger partial charge on any atom is 0.253 e. The number of fused-ring (bicyclic) bond motifs is 2. The molecule has 0 spiro atoms. The zero-order valence-corrected chi connectivity index (χ0v) is 19.1. The summed E-state index contributed by atoms with van der Waals surface area (Å²) in [5.74, 6) is 0.0178. The second-order valence-corrected chi connectivity index (χ2v) is 8.27. The molecule has 1 aromatic heterocycles. The average Bonchev–Trinajstić information content (AvgIpc) is 2.82. The van der Waals surface area contributed by atoms with Gasteiger partial charge in [0, 0.05) is 48.5 Å². The zero-order chi connectivity index (χ0) is 22.5. The standard InChI is InChI=1S/C26H33N5O/c1-3-31(4-2)26(32)18-13-14-24(21(27)17-18)28-15-16-29-25-19-9-5-7-11-22(19)30-23-12-8-6-10-20(23)25/h5,7,9,11,13-14,17,28H,3-4,6,8,10,12,15-16,27H2,1-2H3,(H,29,30). The van der Waals surface area contributed by atoms with Gasteiger partial charge >= 0.3 is 0 Å². The summed E-state index contributed by atoms with van der Waals surface area (Å²) in [6, 6.07) is 13.9. The van der Waals surface area contributed by atoms with E-state index in [0.29, 0.717) is 24.3 Å². The van der Waals surface area contributed by atoms with Crippen LogP contribution in [-0.4, -0.2) is 42.0 Å². The second-order valence-electron chi connectivity index (χ2n) is 8.27. The van der Waals surface area contributed by atoms with Gasteiger partial charge in [-0.1, -0.05) is 18.2 Å². The number of rotatable bonds is 8. The first-order valence-electron chi connectivity index (χ1n) is 11.7. The van der Waals surface area contributed by atoms with Crippen molar-refractivity contribution in [3.8, 4) is 0 Å². The van der Waals surface area contributed by atoms with Gasteiger partial charge in [-0.25, -0.2) is 0 Å². The smallest absolute Gasteiger partial charge is 0.253 e. The number of anilines is 3. The zero-order valence-electron chi connectivity index (χ0n) is 19.1. The van der Waals surface area contributed by atoms with Crippen LogP contribution in [0.15, 0.2) is 42.5 Å². The van der Waals surface area contributed by atoms with Gasteiger partial charge in [0.05, 0.1) is 16.9 Å². The SMILES string of the molecule is CCN(CC)C(=O)c1ccc(NCCNc2c3c(nc4ccccc24)CCCC3)c(N)c1. The molecule has 1 aliphatic rings. The van der Waals surface area contributed by atoms with E-state index in [-0.39, 0.29) is 5.91 Å². The number of aryl methyl sites for hydroxylation is 1. The Labute approximate surface area is 190 Å². The number of hydrogen-bond acceptors (Lipinski definition) is 5. The molecule has 0 bridgehead atoms. The average molecular weight is 432 g/mol. The number of hydrogen-bond donors (Lipinski definition) is 3. The molecule has 0 radical (unpaired) electrons. The van der Waals surface area contributed by atoms with Crippen LogP contribution in [0.3, 0.4) is 0 Å². The Kier molecular flexibility index (Phi) is 6.78. The summed E-state index contributed by atoms with van der Waals surface area (Å²) in [7, 11) is 0. The van der Waals surface area contributed by atoms with E-state index >= 15 is 0 Å². The fourth-order valence-electron chi connectivity index (χ4n) is 4.51. The van der Waals surface area contributed by atoms with Crippen LogP contribution < -0.4 is 16.4 Å². The highest BCUT2D eigenvalue weighted by atomic mass is 16.2. The van der Waals surface area contributed by atoms with Crippen LogP contribution in [0.25, 0.3) is 10.9 Å². The number of carbonyl (C=O) groups excluding carboxylic acids is 1. The Bertz CT molecular complexity index is 1110. The van der Waals surface area contributed by atoms with Crippen LogP contribution in [-0.2, 0) is 12.8 Å². The summed E-state index contributed by atoms with van der Waals surface area (Å²) < 4.78 is 0. The number of nitrogens with one attached hydrogen (secondary N) is 2. The van der Waals surface area contributed by atoms with Crippen molar-refractivity contribution in [2.75, 3.05) is 42.5 Å². The molecule has 6 heteroatoms. The van der Waals surface area contributed by atoms with Crippen LogP contribution in [0.2, 0.25) is 0 Å². The number of nitrogens with zero attached hydrogens (tertiary/aromatic N) is 2. The highest BCUT2D eigenvalue weighted by Gasteiger charge is 2.18. The van der Waals surface area contributed by atoms with Crippen LogP contribution in [0, 0.1) is 0 Å². The molecule has 0 aliphatic heterocycles. The molecule has 168 valence electrons. The third-order valence-corrected chi connectivity index (χ3v) is 6.26. The molecule has 0 unspecified atom stereocenters. The summed E-state index contributed by atoms with van der Waals surface area (Å²) in [6.45, 7) is 6.83. The Balaban J connectivity index is 1.43. The lowest BCUT2D eigenvalue weighted by Crippen LogP contribution is -2.30. The van der Waals surface area contributed by atoms with Crippen molar-refractivity contribution in [3.05, 3.63) is 59.3 Å². The molecule has 32 heavy (non-hydrogen) atoms. The van der Waals surface area contributed by atoms with Crippen molar-refractivity contribution < 1.29 is 4.79 Å².